The fourth-order valence-electron chi connectivity index (χ4n) is 4.05. The van der Waals surface area contributed by atoms with Gasteiger partial charge in [0.1, 0.15) is 0 Å². The van der Waals surface area contributed by atoms with E-state index in [0.29, 0.717) is 6.04 Å². The molecule has 3 rings (SSSR count). The molecule has 0 bridgehead atoms. The van der Waals surface area contributed by atoms with Gasteiger partial charge >= 0.3 is 0 Å². The van der Waals surface area contributed by atoms with Crippen LogP contribution in [0.3, 0.4) is 0 Å². The van der Waals surface area contributed by atoms with Gasteiger partial charge in [-0.25, -0.2) is 0 Å². The van der Waals surface area contributed by atoms with Gasteiger partial charge in [-0.3, -0.25) is 9.80 Å². The molecule has 0 radical (unpaired) electrons. The van der Waals surface area contributed by atoms with Gasteiger partial charge in [-0.05, 0) is 44.4 Å². The van der Waals surface area contributed by atoms with Crippen molar-refractivity contribution in [2.75, 3.05) is 32.7 Å². The number of hydrogen-bond donors (Lipinski definition) is 1. The number of piperazine rings is 1. The van der Waals surface area contributed by atoms with Crippen molar-refractivity contribution in [1.29, 1.82) is 0 Å². The largest absolute Gasteiger partial charge is 0.329 e. The summed E-state index contributed by atoms with van der Waals surface area (Å²) in [5, 5.41) is 0. The van der Waals surface area contributed by atoms with Crippen molar-refractivity contribution >= 4 is 0 Å². The maximum absolute atomic E-state index is 6.17. The van der Waals surface area contributed by atoms with Crippen LogP contribution >= 0.6 is 0 Å². The van der Waals surface area contributed by atoms with Gasteiger partial charge in [0.15, 0.2) is 0 Å². The van der Waals surface area contributed by atoms with E-state index < -0.39 is 0 Å². The van der Waals surface area contributed by atoms with Crippen LogP contribution < -0.4 is 5.73 Å². The Bertz CT molecular complexity index is 485. The summed E-state index contributed by atoms with van der Waals surface area (Å²) < 4.78 is 0. The molecule has 21 heavy (non-hydrogen) atoms. The molecule has 2 unspecified atom stereocenters. The topological polar surface area (TPSA) is 32.5 Å². The number of aryl methyl sites for hydroxylation is 2. The monoisotopic (exact) mass is 287 g/mol. The number of piperidine rings is 1. The van der Waals surface area contributed by atoms with Crippen molar-refractivity contribution < 1.29 is 0 Å². The Morgan fingerprint density at radius 3 is 2.86 bits per heavy atom. The molecule has 2 N–H and O–H groups in total. The Morgan fingerprint density at radius 1 is 1.19 bits per heavy atom. The van der Waals surface area contributed by atoms with Crippen molar-refractivity contribution in [2.24, 2.45) is 5.73 Å². The number of rotatable bonds is 3. The Morgan fingerprint density at radius 2 is 2.05 bits per heavy atom. The minimum absolute atomic E-state index is 0.383. The zero-order valence-corrected chi connectivity index (χ0v) is 13.5. The minimum atomic E-state index is 0.383. The highest BCUT2D eigenvalue weighted by molar-refractivity contribution is 5.33. The molecule has 3 nitrogen and oxygen atoms in total. The van der Waals surface area contributed by atoms with Gasteiger partial charge in [-0.2, -0.15) is 0 Å². The normalized spacial score (nSPS) is 25.6. The van der Waals surface area contributed by atoms with E-state index in [1.54, 1.807) is 0 Å². The molecule has 116 valence electrons. The SMILES string of the molecule is Cc1ccc(C)c(C(CN)N2CCN3CCCCC3C2)c1. The molecule has 2 aliphatic rings. The van der Waals surface area contributed by atoms with Crippen LogP contribution in [0.15, 0.2) is 18.2 Å². The predicted molar refractivity (Wildman–Crippen MR) is 88.5 cm³/mol. The van der Waals surface area contributed by atoms with Crippen LogP contribution in [0, 0.1) is 13.8 Å². The molecule has 2 heterocycles. The fourth-order valence-corrected chi connectivity index (χ4v) is 4.05. The lowest BCUT2D eigenvalue weighted by atomic mass is 9.94. The van der Waals surface area contributed by atoms with Crippen molar-refractivity contribution in [1.82, 2.24) is 9.80 Å². The zero-order valence-electron chi connectivity index (χ0n) is 13.5. The van der Waals surface area contributed by atoms with Crippen molar-refractivity contribution in [3.63, 3.8) is 0 Å². The van der Waals surface area contributed by atoms with Gasteiger partial charge in [-0.15, -0.1) is 0 Å². The molecular formula is C18H29N3. The second-order valence-electron chi connectivity index (χ2n) is 6.79. The van der Waals surface area contributed by atoms with E-state index in [1.807, 2.05) is 0 Å². The number of hydrogen-bond acceptors (Lipinski definition) is 3. The molecular weight excluding hydrogens is 258 g/mol. The summed E-state index contributed by atoms with van der Waals surface area (Å²) in [4.78, 5) is 5.32. The van der Waals surface area contributed by atoms with Gasteiger partial charge in [-0.1, -0.05) is 30.2 Å². The molecule has 2 saturated heterocycles. The highest BCUT2D eigenvalue weighted by Crippen LogP contribution is 2.29. The summed E-state index contributed by atoms with van der Waals surface area (Å²) in [5.74, 6) is 0. The summed E-state index contributed by atoms with van der Waals surface area (Å²) >= 11 is 0. The number of benzene rings is 1. The van der Waals surface area contributed by atoms with Gasteiger partial charge in [0.2, 0.25) is 0 Å². The van der Waals surface area contributed by atoms with Crippen molar-refractivity contribution in [3.05, 3.63) is 34.9 Å². The van der Waals surface area contributed by atoms with Gasteiger partial charge in [0.25, 0.3) is 0 Å². The van der Waals surface area contributed by atoms with Crippen molar-refractivity contribution in [3.8, 4) is 0 Å². The van der Waals surface area contributed by atoms with Gasteiger partial charge in [0.05, 0.1) is 0 Å². The Hall–Kier alpha value is -0.900. The lowest BCUT2D eigenvalue weighted by Gasteiger charge is -2.46. The summed E-state index contributed by atoms with van der Waals surface area (Å²) in [6.07, 6.45) is 4.14. The highest BCUT2D eigenvalue weighted by Gasteiger charge is 2.32. The average Bonchev–Trinajstić information content (AvgIpc) is 2.51. The summed E-state index contributed by atoms with van der Waals surface area (Å²) in [6.45, 7) is 9.98. The predicted octanol–water partition coefficient (Wildman–Crippen LogP) is 2.47. The number of fused-ring (bicyclic) bond motifs is 1. The van der Waals surface area contributed by atoms with Crippen LogP contribution in [-0.4, -0.2) is 48.6 Å². The first-order valence-electron chi connectivity index (χ1n) is 8.44. The zero-order chi connectivity index (χ0) is 14.8. The van der Waals surface area contributed by atoms with E-state index in [9.17, 15) is 0 Å². The molecule has 1 aromatic carbocycles. The molecule has 0 aliphatic carbocycles. The molecule has 3 heteroatoms. The summed E-state index contributed by atoms with van der Waals surface area (Å²) in [6, 6.07) is 7.91. The van der Waals surface area contributed by atoms with E-state index >= 15 is 0 Å². The molecule has 2 aliphatic heterocycles. The molecule has 2 fully saturated rings. The molecule has 0 spiro atoms. The van der Waals surface area contributed by atoms with E-state index in [4.69, 9.17) is 5.73 Å². The molecule has 0 saturated carbocycles. The van der Waals surface area contributed by atoms with E-state index in [-0.39, 0.29) is 0 Å². The van der Waals surface area contributed by atoms with Gasteiger partial charge < -0.3 is 5.73 Å². The number of nitrogens with zero attached hydrogens (tertiary/aromatic N) is 2. The second-order valence-corrected chi connectivity index (χ2v) is 6.79. The number of nitrogens with two attached hydrogens (primary N) is 1. The van der Waals surface area contributed by atoms with Crippen LogP contribution in [0.2, 0.25) is 0 Å². The van der Waals surface area contributed by atoms with E-state index in [0.717, 1.165) is 19.1 Å². The molecule has 0 amide bonds. The minimum Gasteiger partial charge on any atom is -0.329 e. The lowest BCUT2D eigenvalue weighted by molar-refractivity contribution is 0.0285. The Kier molecular flexibility index (Phi) is 4.63. The lowest BCUT2D eigenvalue weighted by Crippen LogP contribution is -2.56. The first-order chi connectivity index (χ1) is 10.2. The van der Waals surface area contributed by atoms with Crippen LogP contribution in [0.1, 0.15) is 42.0 Å². The Labute approximate surface area is 129 Å². The third kappa shape index (κ3) is 3.15. The smallest absolute Gasteiger partial charge is 0.0474 e. The van der Waals surface area contributed by atoms with Crippen LogP contribution in [-0.2, 0) is 0 Å². The van der Waals surface area contributed by atoms with Crippen LogP contribution in [0.4, 0.5) is 0 Å². The quantitative estimate of drug-likeness (QED) is 0.927. The molecule has 1 aromatic rings. The summed E-state index contributed by atoms with van der Waals surface area (Å²) in [5.41, 5.74) is 10.3. The van der Waals surface area contributed by atoms with Crippen LogP contribution in [0.5, 0.6) is 0 Å². The standard InChI is InChI=1S/C18H29N3/c1-14-6-7-15(2)17(11-14)18(12-19)21-10-9-20-8-4-3-5-16(20)13-21/h6-7,11,16,18H,3-5,8-10,12-13,19H2,1-2H3. The van der Waals surface area contributed by atoms with Crippen LogP contribution in [0.25, 0.3) is 0 Å². The van der Waals surface area contributed by atoms with Gasteiger partial charge in [0, 0.05) is 38.3 Å². The maximum atomic E-state index is 6.17. The third-order valence-corrected chi connectivity index (χ3v) is 5.33. The average molecular weight is 287 g/mol. The Balaban J connectivity index is 1.78. The van der Waals surface area contributed by atoms with E-state index in [2.05, 4.69) is 41.8 Å². The van der Waals surface area contributed by atoms with Crippen molar-refractivity contribution in [2.45, 2.75) is 45.2 Å². The van der Waals surface area contributed by atoms with E-state index in [1.165, 1.54) is 55.6 Å². The third-order valence-electron chi connectivity index (χ3n) is 5.33. The molecule has 0 aromatic heterocycles. The second kappa shape index (κ2) is 6.47. The highest BCUT2D eigenvalue weighted by atomic mass is 15.3. The maximum Gasteiger partial charge on any atom is 0.0474 e. The summed E-state index contributed by atoms with van der Waals surface area (Å²) in [7, 11) is 0. The first kappa shape index (κ1) is 15.0. The molecule has 2 atom stereocenters. The first-order valence-corrected chi connectivity index (χ1v) is 8.44. The fraction of sp³-hybridized carbons (Fsp3) is 0.667.